The molecule has 1 heteroatoms. The Balaban J connectivity index is 1.94. The molecule has 0 spiro atoms. The highest BCUT2D eigenvalue weighted by Gasteiger charge is 2.16. The molecule has 2 rings (SSSR count). The third kappa shape index (κ3) is 2.38. The number of benzene rings is 1. The summed E-state index contributed by atoms with van der Waals surface area (Å²) in [5.74, 6) is 0.979. The highest BCUT2D eigenvalue weighted by atomic mass is 16.5. The Morgan fingerprint density at radius 2 is 2.00 bits per heavy atom. The van der Waals surface area contributed by atoms with Crippen LogP contribution >= 0.6 is 0 Å². The Morgan fingerprint density at radius 3 is 2.71 bits per heavy atom. The quantitative estimate of drug-likeness (QED) is 0.645. The SMILES string of the molecule is C=C1CCCC(Oc2ccccc2)C1. The van der Waals surface area contributed by atoms with Gasteiger partial charge in [0, 0.05) is 6.42 Å². The van der Waals surface area contributed by atoms with Gasteiger partial charge in [-0.1, -0.05) is 30.4 Å². The summed E-state index contributed by atoms with van der Waals surface area (Å²) < 4.78 is 5.86. The van der Waals surface area contributed by atoms with Crippen LogP contribution in [0, 0.1) is 0 Å². The van der Waals surface area contributed by atoms with Gasteiger partial charge in [-0.15, -0.1) is 0 Å². The van der Waals surface area contributed by atoms with Crippen molar-refractivity contribution < 1.29 is 4.74 Å². The largest absolute Gasteiger partial charge is 0.490 e. The van der Waals surface area contributed by atoms with Crippen LogP contribution in [0.4, 0.5) is 0 Å². The van der Waals surface area contributed by atoms with Crippen molar-refractivity contribution in [2.75, 3.05) is 0 Å². The van der Waals surface area contributed by atoms with Crippen LogP contribution in [-0.4, -0.2) is 6.10 Å². The molecule has 14 heavy (non-hydrogen) atoms. The number of hydrogen-bond acceptors (Lipinski definition) is 1. The monoisotopic (exact) mass is 188 g/mol. The molecular formula is C13H16O. The predicted molar refractivity (Wildman–Crippen MR) is 58.5 cm³/mol. The van der Waals surface area contributed by atoms with E-state index in [1.54, 1.807) is 0 Å². The highest BCUT2D eigenvalue weighted by Crippen LogP contribution is 2.25. The lowest BCUT2D eigenvalue weighted by molar-refractivity contribution is 0.175. The molecule has 1 aromatic carbocycles. The number of hydrogen-bond donors (Lipinski definition) is 0. The summed E-state index contributed by atoms with van der Waals surface area (Å²) in [6.45, 7) is 4.03. The first-order chi connectivity index (χ1) is 6.84. The molecule has 1 nitrogen and oxygen atoms in total. The van der Waals surface area contributed by atoms with Crippen molar-refractivity contribution in [3.05, 3.63) is 42.5 Å². The second-order valence-electron chi connectivity index (χ2n) is 3.90. The van der Waals surface area contributed by atoms with Gasteiger partial charge >= 0.3 is 0 Å². The average molecular weight is 188 g/mol. The van der Waals surface area contributed by atoms with E-state index in [9.17, 15) is 0 Å². The lowest BCUT2D eigenvalue weighted by atomic mass is 9.94. The topological polar surface area (TPSA) is 9.23 Å². The molecule has 1 aromatic rings. The molecule has 1 aliphatic rings. The fourth-order valence-electron chi connectivity index (χ4n) is 1.90. The number of para-hydroxylation sites is 1. The van der Waals surface area contributed by atoms with Crippen molar-refractivity contribution >= 4 is 0 Å². The highest BCUT2D eigenvalue weighted by molar-refractivity contribution is 5.21. The summed E-state index contributed by atoms with van der Waals surface area (Å²) in [4.78, 5) is 0. The standard InChI is InChI=1S/C13H16O/c1-11-6-5-9-13(10-11)14-12-7-3-2-4-8-12/h2-4,7-8,13H,1,5-6,9-10H2. The molecule has 1 aliphatic carbocycles. The zero-order valence-electron chi connectivity index (χ0n) is 8.41. The maximum Gasteiger partial charge on any atom is 0.119 e. The van der Waals surface area contributed by atoms with Gasteiger partial charge in [0.15, 0.2) is 0 Å². The summed E-state index contributed by atoms with van der Waals surface area (Å²) in [5, 5.41) is 0. The molecule has 0 saturated heterocycles. The first-order valence-corrected chi connectivity index (χ1v) is 5.23. The fourth-order valence-corrected chi connectivity index (χ4v) is 1.90. The predicted octanol–water partition coefficient (Wildman–Crippen LogP) is 3.56. The van der Waals surface area contributed by atoms with Gasteiger partial charge < -0.3 is 4.74 Å². The Hall–Kier alpha value is -1.24. The van der Waals surface area contributed by atoms with Crippen LogP contribution in [0.1, 0.15) is 25.7 Å². The van der Waals surface area contributed by atoms with Crippen LogP contribution in [-0.2, 0) is 0 Å². The third-order valence-electron chi connectivity index (χ3n) is 2.62. The van der Waals surface area contributed by atoms with E-state index in [4.69, 9.17) is 4.74 Å². The lowest BCUT2D eigenvalue weighted by Crippen LogP contribution is -2.20. The molecule has 1 atom stereocenters. The van der Waals surface area contributed by atoms with Gasteiger partial charge in [0.25, 0.3) is 0 Å². The van der Waals surface area contributed by atoms with Crippen molar-refractivity contribution in [2.24, 2.45) is 0 Å². The zero-order valence-corrected chi connectivity index (χ0v) is 8.41. The van der Waals surface area contributed by atoms with Gasteiger partial charge in [0.2, 0.25) is 0 Å². The summed E-state index contributed by atoms with van der Waals surface area (Å²) in [6.07, 6.45) is 4.92. The summed E-state index contributed by atoms with van der Waals surface area (Å²) >= 11 is 0. The maximum atomic E-state index is 5.86. The number of rotatable bonds is 2. The van der Waals surface area contributed by atoms with Crippen molar-refractivity contribution in [1.29, 1.82) is 0 Å². The first kappa shape index (κ1) is 9.32. The van der Waals surface area contributed by atoms with Crippen molar-refractivity contribution in [2.45, 2.75) is 31.8 Å². The molecule has 0 N–H and O–H groups in total. The van der Waals surface area contributed by atoms with E-state index in [0.29, 0.717) is 6.10 Å². The smallest absolute Gasteiger partial charge is 0.119 e. The van der Waals surface area contributed by atoms with Crippen LogP contribution in [0.2, 0.25) is 0 Å². The van der Waals surface area contributed by atoms with Crippen LogP contribution in [0.3, 0.4) is 0 Å². The number of ether oxygens (including phenoxy) is 1. The third-order valence-corrected chi connectivity index (χ3v) is 2.62. The normalized spacial score (nSPS) is 22.0. The van der Waals surface area contributed by atoms with Gasteiger partial charge in [-0.2, -0.15) is 0 Å². The molecule has 0 radical (unpaired) electrons. The lowest BCUT2D eigenvalue weighted by Gasteiger charge is -2.24. The minimum absolute atomic E-state index is 0.346. The van der Waals surface area contributed by atoms with Gasteiger partial charge in [0.05, 0.1) is 0 Å². The Morgan fingerprint density at radius 1 is 1.21 bits per heavy atom. The molecule has 0 aliphatic heterocycles. The molecule has 0 bridgehead atoms. The Bertz CT molecular complexity index is 302. The van der Waals surface area contributed by atoms with Crippen LogP contribution in [0.5, 0.6) is 5.75 Å². The first-order valence-electron chi connectivity index (χ1n) is 5.23. The summed E-state index contributed by atoms with van der Waals surface area (Å²) in [6, 6.07) is 10.0. The zero-order chi connectivity index (χ0) is 9.80. The van der Waals surface area contributed by atoms with E-state index in [2.05, 4.69) is 6.58 Å². The molecule has 0 amide bonds. The maximum absolute atomic E-state index is 5.86. The average Bonchev–Trinajstić information content (AvgIpc) is 2.19. The fraction of sp³-hybridized carbons (Fsp3) is 0.385. The Kier molecular flexibility index (Phi) is 2.87. The van der Waals surface area contributed by atoms with Crippen LogP contribution in [0.15, 0.2) is 42.5 Å². The molecular weight excluding hydrogens is 172 g/mol. The molecule has 1 saturated carbocycles. The van der Waals surface area contributed by atoms with E-state index in [-0.39, 0.29) is 0 Å². The van der Waals surface area contributed by atoms with Crippen molar-refractivity contribution in [3.8, 4) is 5.75 Å². The van der Waals surface area contributed by atoms with E-state index in [1.165, 1.54) is 18.4 Å². The molecule has 0 heterocycles. The van der Waals surface area contributed by atoms with E-state index < -0.39 is 0 Å². The minimum Gasteiger partial charge on any atom is -0.490 e. The Labute approximate surface area is 85.4 Å². The van der Waals surface area contributed by atoms with Crippen LogP contribution in [0.25, 0.3) is 0 Å². The second-order valence-corrected chi connectivity index (χ2v) is 3.90. The molecule has 1 unspecified atom stereocenters. The van der Waals surface area contributed by atoms with Gasteiger partial charge in [0.1, 0.15) is 11.9 Å². The summed E-state index contributed by atoms with van der Waals surface area (Å²) in [5.41, 5.74) is 1.33. The minimum atomic E-state index is 0.346. The van der Waals surface area contributed by atoms with Gasteiger partial charge in [-0.3, -0.25) is 0 Å². The summed E-state index contributed by atoms with van der Waals surface area (Å²) in [7, 11) is 0. The second kappa shape index (κ2) is 4.32. The van der Waals surface area contributed by atoms with Crippen molar-refractivity contribution in [3.63, 3.8) is 0 Å². The van der Waals surface area contributed by atoms with Crippen molar-refractivity contribution in [1.82, 2.24) is 0 Å². The van der Waals surface area contributed by atoms with E-state index >= 15 is 0 Å². The molecule has 74 valence electrons. The van der Waals surface area contributed by atoms with Crippen LogP contribution < -0.4 is 4.74 Å². The van der Waals surface area contributed by atoms with E-state index in [1.807, 2.05) is 30.3 Å². The molecule has 0 aromatic heterocycles. The van der Waals surface area contributed by atoms with E-state index in [0.717, 1.165) is 18.6 Å². The van der Waals surface area contributed by atoms with Gasteiger partial charge in [-0.25, -0.2) is 0 Å². The van der Waals surface area contributed by atoms with Gasteiger partial charge in [-0.05, 0) is 31.4 Å². The molecule has 1 fully saturated rings.